The fourth-order valence-electron chi connectivity index (χ4n) is 3.80. The number of anilines is 1. The van der Waals surface area contributed by atoms with Gasteiger partial charge in [0.15, 0.2) is 5.16 Å². The highest BCUT2D eigenvalue weighted by atomic mass is 32.2. The zero-order valence-electron chi connectivity index (χ0n) is 18.2. The van der Waals surface area contributed by atoms with Gasteiger partial charge in [0, 0.05) is 49.7 Å². The second-order valence-corrected chi connectivity index (χ2v) is 8.87. The van der Waals surface area contributed by atoms with Crippen LogP contribution in [0.15, 0.2) is 66.1 Å². The van der Waals surface area contributed by atoms with Gasteiger partial charge in [-0.3, -0.25) is 14.8 Å². The van der Waals surface area contributed by atoms with E-state index in [1.807, 2.05) is 24.3 Å². The summed E-state index contributed by atoms with van der Waals surface area (Å²) in [5, 5.41) is 10.5. The van der Waals surface area contributed by atoms with Gasteiger partial charge in [-0.15, -0.1) is 0 Å². The third-order valence-electron chi connectivity index (χ3n) is 5.66. The highest BCUT2D eigenvalue weighted by Gasteiger charge is 2.16. The monoisotopic (exact) mass is 450 g/mol. The molecule has 168 valence electrons. The van der Waals surface area contributed by atoms with E-state index in [9.17, 15) is 4.79 Å². The number of nitrogens with zero attached hydrogens (tertiary/aromatic N) is 4. The molecule has 1 aliphatic rings. The number of amides is 1. The van der Waals surface area contributed by atoms with Crippen molar-refractivity contribution in [3.63, 3.8) is 0 Å². The predicted octanol–water partition coefficient (Wildman–Crippen LogP) is 3.43. The molecule has 2 N–H and O–H groups in total. The lowest BCUT2D eigenvalue weighted by Crippen LogP contribution is -2.46. The number of rotatable bonds is 10. The number of aromatic amines is 1. The summed E-state index contributed by atoms with van der Waals surface area (Å²) >= 11 is 1.59. The van der Waals surface area contributed by atoms with Crippen LogP contribution in [0.3, 0.4) is 0 Å². The highest BCUT2D eigenvalue weighted by Crippen LogP contribution is 2.18. The SMILES string of the molecule is O=C(NCCCCN1CCN(c2ccccc2)CC1)c1ccc(CSc2ncn[nH]2)cc1. The lowest BCUT2D eigenvalue weighted by molar-refractivity contribution is 0.0952. The van der Waals surface area contributed by atoms with Crippen molar-refractivity contribution < 1.29 is 4.79 Å². The first-order valence-electron chi connectivity index (χ1n) is 11.2. The molecule has 3 aromatic rings. The number of hydrogen-bond acceptors (Lipinski definition) is 6. The van der Waals surface area contributed by atoms with Gasteiger partial charge in [0.25, 0.3) is 5.91 Å². The standard InChI is InChI=1S/C24H30N6OS/c31-23(21-10-8-20(9-11-21)18-32-24-26-19-27-28-24)25-12-4-5-13-29-14-16-30(17-15-29)22-6-2-1-3-7-22/h1-3,6-11,19H,4-5,12-18H2,(H,25,31)(H,26,27,28). The molecule has 0 radical (unpaired) electrons. The van der Waals surface area contributed by atoms with E-state index in [1.54, 1.807) is 11.8 Å². The van der Waals surface area contributed by atoms with Crippen LogP contribution in [0, 0.1) is 0 Å². The van der Waals surface area contributed by atoms with Gasteiger partial charge < -0.3 is 10.2 Å². The summed E-state index contributed by atoms with van der Waals surface area (Å²) in [5.41, 5.74) is 3.17. The van der Waals surface area contributed by atoms with E-state index in [0.29, 0.717) is 12.1 Å². The van der Waals surface area contributed by atoms with E-state index in [-0.39, 0.29) is 5.91 Å². The molecule has 1 fully saturated rings. The smallest absolute Gasteiger partial charge is 0.251 e. The Hall–Kier alpha value is -2.84. The van der Waals surface area contributed by atoms with Gasteiger partial charge in [0.2, 0.25) is 0 Å². The van der Waals surface area contributed by atoms with Gasteiger partial charge in [-0.25, -0.2) is 4.98 Å². The Morgan fingerprint density at radius 3 is 2.50 bits per heavy atom. The Morgan fingerprint density at radius 1 is 1.00 bits per heavy atom. The Labute approximate surface area is 193 Å². The number of H-pyrrole nitrogens is 1. The van der Waals surface area contributed by atoms with Crippen LogP contribution in [0.4, 0.5) is 5.69 Å². The van der Waals surface area contributed by atoms with Crippen molar-refractivity contribution in [2.24, 2.45) is 0 Å². The Balaban J connectivity index is 1.09. The maximum absolute atomic E-state index is 12.4. The van der Waals surface area contributed by atoms with E-state index in [2.05, 4.69) is 60.6 Å². The first kappa shape index (κ1) is 22.4. The van der Waals surface area contributed by atoms with E-state index < -0.39 is 0 Å². The van der Waals surface area contributed by atoms with Crippen molar-refractivity contribution in [2.75, 3.05) is 44.2 Å². The molecule has 8 heteroatoms. The van der Waals surface area contributed by atoms with Crippen LogP contribution in [0.25, 0.3) is 0 Å². The molecule has 4 rings (SSSR count). The van der Waals surface area contributed by atoms with Gasteiger partial charge in [-0.2, -0.15) is 5.10 Å². The van der Waals surface area contributed by atoms with Gasteiger partial charge in [0.05, 0.1) is 0 Å². The highest BCUT2D eigenvalue weighted by molar-refractivity contribution is 7.98. The molecule has 1 amide bonds. The Kier molecular flexibility index (Phi) is 8.17. The number of nitrogens with one attached hydrogen (secondary N) is 2. The van der Waals surface area contributed by atoms with Crippen LogP contribution < -0.4 is 10.2 Å². The van der Waals surface area contributed by atoms with E-state index in [1.165, 1.54) is 12.0 Å². The lowest BCUT2D eigenvalue weighted by atomic mass is 10.1. The van der Waals surface area contributed by atoms with Gasteiger partial charge in [0.1, 0.15) is 6.33 Å². The number of thioether (sulfide) groups is 1. The summed E-state index contributed by atoms with van der Waals surface area (Å²) in [6, 6.07) is 18.4. The second-order valence-electron chi connectivity index (χ2n) is 7.90. The molecule has 1 aromatic heterocycles. The third-order valence-corrected chi connectivity index (χ3v) is 6.61. The molecule has 0 spiro atoms. The number of carbonyl (C=O) groups is 1. The fourth-order valence-corrected chi connectivity index (χ4v) is 4.54. The number of aromatic nitrogens is 3. The van der Waals surface area contributed by atoms with E-state index in [4.69, 9.17) is 0 Å². The summed E-state index contributed by atoms with van der Waals surface area (Å²) < 4.78 is 0. The van der Waals surface area contributed by atoms with Crippen LogP contribution >= 0.6 is 11.8 Å². The molecular formula is C24H30N6OS. The minimum atomic E-state index is -0.00378. The van der Waals surface area contributed by atoms with Gasteiger partial charge >= 0.3 is 0 Å². The zero-order valence-corrected chi connectivity index (χ0v) is 19.1. The third kappa shape index (κ3) is 6.58. The van der Waals surface area contributed by atoms with Gasteiger partial charge in [-0.1, -0.05) is 42.1 Å². The maximum atomic E-state index is 12.4. The number of hydrogen-bond donors (Lipinski definition) is 2. The molecule has 0 aliphatic carbocycles. The maximum Gasteiger partial charge on any atom is 0.251 e. The quantitative estimate of drug-likeness (QED) is 0.364. The average Bonchev–Trinajstić information content (AvgIpc) is 3.37. The summed E-state index contributed by atoms with van der Waals surface area (Å²) in [7, 11) is 0. The van der Waals surface area contributed by atoms with Crippen molar-refractivity contribution in [2.45, 2.75) is 23.8 Å². The summed E-state index contributed by atoms with van der Waals surface area (Å²) in [6.45, 7) is 6.16. The van der Waals surface area contributed by atoms with Crippen LogP contribution in [0.5, 0.6) is 0 Å². The van der Waals surface area contributed by atoms with Gasteiger partial charge in [-0.05, 0) is 49.2 Å². The van der Waals surface area contributed by atoms with Crippen molar-refractivity contribution in [3.8, 4) is 0 Å². The van der Waals surface area contributed by atoms with Crippen molar-refractivity contribution in [3.05, 3.63) is 72.1 Å². The van der Waals surface area contributed by atoms with Crippen LogP contribution in [-0.2, 0) is 5.75 Å². The number of benzene rings is 2. The molecular weight excluding hydrogens is 420 g/mol. The summed E-state index contributed by atoms with van der Waals surface area (Å²) in [6.07, 6.45) is 3.60. The normalized spacial score (nSPS) is 14.4. The largest absolute Gasteiger partial charge is 0.369 e. The molecule has 7 nitrogen and oxygen atoms in total. The molecule has 0 bridgehead atoms. The van der Waals surface area contributed by atoms with Crippen molar-refractivity contribution >= 4 is 23.4 Å². The number of unbranched alkanes of at least 4 members (excludes halogenated alkanes) is 1. The summed E-state index contributed by atoms with van der Waals surface area (Å²) in [4.78, 5) is 21.5. The number of piperazine rings is 1. The van der Waals surface area contributed by atoms with Crippen LogP contribution in [-0.4, -0.2) is 65.3 Å². The number of para-hydroxylation sites is 1. The lowest BCUT2D eigenvalue weighted by Gasteiger charge is -2.36. The molecule has 2 heterocycles. The zero-order chi connectivity index (χ0) is 22.0. The van der Waals surface area contributed by atoms with Crippen molar-refractivity contribution in [1.29, 1.82) is 0 Å². The topological polar surface area (TPSA) is 77.2 Å². The Bertz CT molecular complexity index is 940. The Morgan fingerprint density at radius 2 is 1.78 bits per heavy atom. The minimum absolute atomic E-state index is 0.00378. The predicted molar refractivity (Wildman–Crippen MR) is 129 cm³/mol. The minimum Gasteiger partial charge on any atom is -0.369 e. The molecule has 32 heavy (non-hydrogen) atoms. The molecule has 2 aromatic carbocycles. The molecule has 1 aliphatic heterocycles. The first-order valence-corrected chi connectivity index (χ1v) is 12.1. The number of carbonyl (C=O) groups excluding carboxylic acids is 1. The first-order chi connectivity index (χ1) is 15.8. The summed E-state index contributed by atoms with van der Waals surface area (Å²) in [5.74, 6) is 0.785. The van der Waals surface area contributed by atoms with Crippen molar-refractivity contribution in [1.82, 2.24) is 25.4 Å². The van der Waals surface area contributed by atoms with E-state index in [0.717, 1.165) is 62.0 Å². The molecule has 1 saturated heterocycles. The van der Waals surface area contributed by atoms with Crippen LogP contribution in [0.2, 0.25) is 0 Å². The average molecular weight is 451 g/mol. The fraction of sp³-hybridized carbons (Fsp3) is 0.375. The molecule has 0 atom stereocenters. The molecule has 0 unspecified atom stereocenters. The van der Waals surface area contributed by atoms with Crippen LogP contribution in [0.1, 0.15) is 28.8 Å². The second kappa shape index (κ2) is 11.7. The van der Waals surface area contributed by atoms with E-state index >= 15 is 0 Å². The molecule has 0 saturated carbocycles.